The summed E-state index contributed by atoms with van der Waals surface area (Å²) in [6.07, 6.45) is 1.84. The van der Waals surface area contributed by atoms with Crippen molar-refractivity contribution in [3.8, 4) is 0 Å². The summed E-state index contributed by atoms with van der Waals surface area (Å²) in [4.78, 5) is 22.5. The second-order valence-electron chi connectivity index (χ2n) is 4.21. The molecule has 94 valence electrons. The number of carbonyl (C=O) groups is 2. The van der Waals surface area contributed by atoms with Gasteiger partial charge in [-0.2, -0.15) is 0 Å². The SMILES string of the molecule is C=CCOC(=O)N[C@@H]1[C@H](C(=O)O)[C@H]2CC[C@@H]1O2. The molecule has 2 aliphatic heterocycles. The summed E-state index contributed by atoms with van der Waals surface area (Å²) in [5.41, 5.74) is 0. The van der Waals surface area contributed by atoms with Gasteiger partial charge in [0.2, 0.25) is 0 Å². The standard InChI is InChI=1S/C11H15NO5/c1-2-5-16-11(15)12-9-7-4-3-6(17-7)8(9)10(13)14/h2,6-9H,1,3-5H2,(H,12,15)(H,13,14)/t6-,7+,8-,9+/m1/s1. The zero-order valence-corrected chi connectivity index (χ0v) is 9.30. The molecule has 1 amide bonds. The van der Waals surface area contributed by atoms with Gasteiger partial charge in [0.1, 0.15) is 12.5 Å². The van der Waals surface area contributed by atoms with Crippen LogP contribution >= 0.6 is 0 Å². The molecule has 0 unspecified atom stereocenters. The molecule has 2 N–H and O–H groups in total. The summed E-state index contributed by atoms with van der Waals surface area (Å²) in [7, 11) is 0. The lowest BCUT2D eigenvalue weighted by molar-refractivity contribution is -0.144. The van der Waals surface area contributed by atoms with E-state index in [0.29, 0.717) is 0 Å². The Bertz CT molecular complexity index is 343. The minimum atomic E-state index is -0.939. The minimum absolute atomic E-state index is 0.102. The van der Waals surface area contributed by atoms with E-state index in [4.69, 9.17) is 14.6 Å². The molecule has 0 aliphatic carbocycles. The minimum Gasteiger partial charge on any atom is -0.481 e. The molecule has 6 nitrogen and oxygen atoms in total. The fourth-order valence-corrected chi connectivity index (χ4v) is 2.49. The fourth-order valence-electron chi connectivity index (χ4n) is 2.49. The Morgan fingerprint density at radius 1 is 1.47 bits per heavy atom. The molecule has 0 aromatic rings. The molecular formula is C11H15NO5. The Balaban J connectivity index is 1.96. The van der Waals surface area contributed by atoms with Crippen molar-refractivity contribution in [3.05, 3.63) is 12.7 Å². The normalized spacial score (nSPS) is 34.4. The molecule has 2 bridgehead atoms. The quantitative estimate of drug-likeness (QED) is 0.701. The average Bonchev–Trinajstić information content (AvgIpc) is 2.86. The van der Waals surface area contributed by atoms with Gasteiger partial charge >= 0.3 is 12.1 Å². The van der Waals surface area contributed by atoms with Gasteiger partial charge in [0.25, 0.3) is 0 Å². The van der Waals surface area contributed by atoms with Crippen molar-refractivity contribution in [1.82, 2.24) is 5.32 Å². The Morgan fingerprint density at radius 3 is 2.82 bits per heavy atom. The number of hydrogen-bond donors (Lipinski definition) is 2. The molecule has 2 rings (SSSR count). The van der Waals surface area contributed by atoms with Crippen LogP contribution in [0.3, 0.4) is 0 Å². The molecule has 6 heteroatoms. The smallest absolute Gasteiger partial charge is 0.407 e. The topological polar surface area (TPSA) is 84.9 Å². The molecule has 2 aliphatic rings. The van der Waals surface area contributed by atoms with Crippen LogP contribution in [0.15, 0.2) is 12.7 Å². The van der Waals surface area contributed by atoms with E-state index in [1.165, 1.54) is 6.08 Å². The number of nitrogens with one attached hydrogen (secondary N) is 1. The summed E-state index contributed by atoms with van der Waals surface area (Å²) in [5.74, 6) is -1.61. The third-order valence-corrected chi connectivity index (χ3v) is 3.18. The number of ether oxygens (including phenoxy) is 2. The van der Waals surface area contributed by atoms with Crippen molar-refractivity contribution < 1.29 is 24.2 Å². The Hall–Kier alpha value is -1.56. The largest absolute Gasteiger partial charge is 0.481 e. The van der Waals surface area contributed by atoms with Gasteiger partial charge in [-0.1, -0.05) is 12.7 Å². The van der Waals surface area contributed by atoms with Gasteiger partial charge in [0, 0.05) is 0 Å². The van der Waals surface area contributed by atoms with Gasteiger partial charge in [-0.25, -0.2) is 4.79 Å². The highest BCUT2D eigenvalue weighted by atomic mass is 16.6. The van der Waals surface area contributed by atoms with Crippen LogP contribution in [0.2, 0.25) is 0 Å². The maximum Gasteiger partial charge on any atom is 0.407 e. The van der Waals surface area contributed by atoms with E-state index in [1.807, 2.05) is 0 Å². The van der Waals surface area contributed by atoms with E-state index in [2.05, 4.69) is 11.9 Å². The second-order valence-corrected chi connectivity index (χ2v) is 4.21. The van der Waals surface area contributed by atoms with Gasteiger partial charge < -0.3 is 19.9 Å². The number of carboxylic acids is 1. The van der Waals surface area contributed by atoms with Gasteiger partial charge in [0.15, 0.2) is 0 Å². The predicted octanol–water partition coefficient (Wildman–Crippen LogP) is 0.529. The number of carboxylic acid groups (broad SMARTS) is 1. The summed E-state index contributed by atoms with van der Waals surface area (Å²) in [6, 6.07) is -0.497. The number of alkyl carbamates (subject to hydrolysis) is 1. The van der Waals surface area contributed by atoms with E-state index < -0.39 is 24.0 Å². The molecule has 0 spiro atoms. The summed E-state index contributed by atoms with van der Waals surface area (Å²) >= 11 is 0. The highest BCUT2D eigenvalue weighted by molar-refractivity contribution is 5.75. The first-order valence-corrected chi connectivity index (χ1v) is 5.56. The maximum atomic E-state index is 11.4. The van der Waals surface area contributed by atoms with E-state index in [1.54, 1.807) is 0 Å². The monoisotopic (exact) mass is 241 g/mol. The van der Waals surface area contributed by atoms with Gasteiger partial charge in [-0.3, -0.25) is 4.79 Å². The predicted molar refractivity (Wildman–Crippen MR) is 57.5 cm³/mol. The Morgan fingerprint density at radius 2 is 2.18 bits per heavy atom. The first kappa shape index (κ1) is 11.9. The molecule has 0 radical (unpaired) electrons. The van der Waals surface area contributed by atoms with Crippen LogP contribution in [0.4, 0.5) is 4.79 Å². The van der Waals surface area contributed by atoms with Crippen molar-refractivity contribution in [2.45, 2.75) is 31.1 Å². The van der Waals surface area contributed by atoms with Crippen molar-refractivity contribution in [2.24, 2.45) is 5.92 Å². The van der Waals surface area contributed by atoms with Crippen molar-refractivity contribution in [3.63, 3.8) is 0 Å². The summed E-state index contributed by atoms with van der Waals surface area (Å²) < 4.78 is 10.3. The van der Waals surface area contributed by atoms with Crippen LogP contribution in [-0.4, -0.2) is 42.0 Å². The number of rotatable bonds is 4. The zero-order valence-electron chi connectivity index (χ0n) is 9.30. The first-order chi connectivity index (χ1) is 8.13. The lowest BCUT2D eigenvalue weighted by Crippen LogP contribution is -2.49. The molecule has 2 fully saturated rings. The number of fused-ring (bicyclic) bond motifs is 2. The van der Waals surface area contributed by atoms with Crippen molar-refractivity contribution in [1.29, 1.82) is 0 Å². The number of amides is 1. The maximum absolute atomic E-state index is 11.4. The van der Waals surface area contributed by atoms with Gasteiger partial charge in [0.05, 0.1) is 18.2 Å². The third kappa shape index (κ3) is 2.26. The van der Waals surface area contributed by atoms with Crippen LogP contribution in [0.25, 0.3) is 0 Å². The molecule has 4 atom stereocenters. The molecule has 0 aromatic heterocycles. The van der Waals surface area contributed by atoms with Gasteiger partial charge in [-0.05, 0) is 12.8 Å². The highest BCUT2D eigenvalue weighted by Crippen LogP contribution is 2.39. The molecule has 2 saturated heterocycles. The third-order valence-electron chi connectivity index (χ3n) is 3.18. The van der Waals surface area contributed by atoms with Gasteiger partial charge in [-0.15, -0.1) is 0 Å². The lowest BCUT2D eigenvalue weighted by atomic mass is 9.84. The summed E-state index contributed by atoms with van der Waals surface area (Å²) in [5, 5.41) is 11.7. The molecule has 2 heterocycles. The second kappa shape index (κ2) is 4.75. The molecular weight excluding hydrogens is 226 g/mol. The van der Waals surface area contributed by atoms with E-state index >= 15 is 0 Å². The van der Waals surface area contributed by atoms with Crippen LogP contribution in [0.1, 0.15) is 12.8 Å². The van der Waals surface area contributed by atoms with Crippen LogP contribution < -0.4 is 5.32 Å². The Kier molecular flexibility index (Phi) is 3.33. The lowest BCUT2D eigenvalue weighted by Gasteiger charge is -2.25. The Labute approximate surface area is 98.6 Å². The van der Waals surface area contributed by atoms with Crippen LogP contribution in [0, 0.1) is 5.92 Å². The number of aliphatic carboxylic acids is 1. The number of carbonyl (C=O) groups excluding carboxylic acids is 1. The molecule has 0 saturated carbocycles. The fraction of sp³-hybridized carbons (Fsp3) is 0.636. The zero-order chi connectivity index (χ0) is 12.4. The van der Waals surface area contributed by atoms with E-state index in [0.717, 1.165) is 12.8 Å². The van der Waals surface area contributed by atoms with E-state index in [-0.39, 0.29) is 18.8 Å². The number of hydrogen-bond acceptors (Lipinski definition) is 4. The molecule has 17 heavy (non-hydrogen) atoms. The van der Waals surface area contributed by atoms with Crippen LogP contribution in [-0.2, 0) is 14.3 Å². The first-order valence-electron chi connectivity index (χ1n) is 5.56. The van der Waals surface area contributed by atoms with E-state index in [9.17, 15) is 9.59 Å². The average molecular weight is 241 g/mol. The molecule has 0 aromatic carbocycles. The summed E-state index contributed by atoms with van der Waals surface area (Å²) in [6.45, 7) is 3.52. The van der Waals surface area contributed by atoms with Crippen molar-refractivity contribution >= 4 is 12.1 Å². The highest BCUT2D eigenvalue weighted by Gasteiger charge is 2.53. The van der Waals surface area contributed by atoms with Crippen LogP contribution in [0.5, 0.6) is 0 Å². The van der Waals surface area contributed by atoms with Crippen molar-refractivity contribution in [2.75, 3.05) is 6.61 Å².